The number of piperidine rings is 1. The predicted octanol–water partition coefficient (Wildman–Crippen LogP) is 4.48. The summed E-state index contributed by atoms with van der Waals surface area (Å²) in [6.45, 7) is 3.81. The van der Waals surface area contributed by atoms with Crippen LogP contribution in [0.25, 0.3) is 22.3 Å². The first-order chi connectivity index (χ1) is 18.0. The molecular formula is C29H40N5O3+. The number of amides is 1. The average Bonchev–Trinajstić information content (AvgIpc) is 3.42. The minimum absolute atomic E-state index is 0.0433. The number of benzene rings is 1. The molecule has 0 saturated carbocycles. The van der Waals surface area contributed by atoms with Gasteiger partial charge in [0.25, 0.3) is 5.82 Å². The molecule has 8 heteroatoms. The minimum atomic E-state index is -0.162. The Balaban J connectivity index is 1.50. The van der Waals surface area contributed by atoms with Crippen molar-refractivity contribution < 1.29 is 19.3 Å². The number of nitrogens with one attached hydrogen (secondary N) is 3. The highest BCUT2D eigenvalue weighted by Crippen LogP contribution is 2.29. The van der Waals surface area contributed by atoms with E-state index in [4.69, 9.17) is 9.72 Å². The third-order valence-electron chi connectivity index (χ3n) is 7.41. The van der Waals surface area contributed by atoms with Gasteiger partial charge in [0, 0.05) is 30.2 Å². The molecule has 1 saturated heterocycles. The number of carbonyl (C=O) groups is 2. The van der Waals surface area contributed by atoms with Gasteiger partial charge in [-0.05, 0) is 58.0 Å². The van der Waals surface area contributed by atoms with E-state index >= 15 is 0 Å². The summed E-state index contributed by atoms with van der Waals surface area (Å²) in [5, 5.41) is 4.28. The number of rotatable bonds is 12. The summed E-state index contributed by atoms with van der Waals surface area (Å²) in [5.41, 5.74) is 2.48. The first-order valence-corrected chi connectivity index (χ1v) is 13.5. The molecular weight excluding hydrogens is 466 g/mol. The van der Waals surface area contributed by atoms with Crippen molar-refractivity contribution in [3.63, 3.8) is 0 Å². The number of H-pyrrole nitrogens is 2. The van der Waals surface area contributed by atoms with Gasteiger partial charge in [0.2, 0.25) is 5.91 Å². The highest BCUT2D eigenvalue weighted by Gasteiger charge is 2.29. The molecule has 8 nitrogen and oxygen atoms in total. The fraction of sp³-hybridized carbons (Fsp3) is 0.517. The second kappa shape index (κ2) is 12.8. The lowest BCUT2D eigenvalue weighted by Crippen LogP contribution is -2.41. The van der Waals surface area contributed by atoms with Crippen LogP contribution in [-0.2, 0) is 9.59 Å². The van der Waals surface area contributed by atoms with Crippen molar-refractivity contribution in [3.05, 3.63) is 42.4 Å². The van der Waals surface area contributed by atoms with Crippen molar-refractivity contribution in [1.82, 2.24) is 20.2 Å². The molecule has 1 aliphatic heterocycles. The molecule has 1 fully saturated rings. The number of aromatic amines is 2. The van der Waals surface area contributed by atoms with Crippen LogP contribution in [0.3, 0.4) is 0 Å². The van der Waals surface area contributed by atoms with Gasteiger partial charge in [-0.2, -0.15) is 0 Å². The lowest BCUT2D eigenvalue weighted by atomic mass is 9.95. The molecule has 2 aromatic heterocycles. The summed E-state index contributed by atoms with van der Waals surface area (Å²) in [4.78, 5) is 38.8. The number of fused-ring (bicyclic) bond motifs is 1. The van der Waals surface area contributed by atoms with E-state index in [1.807, 2.05) is 43.5 Å². The zero-order valence-corrected chi connectivity index (χ0v) is 22.3. The van der Waals surface area contributed by atoms with Crippen LogP contribution >= 0.6 is 0 Å². The standard InChI is InChI=1S/C29H39N5O3/c1-4-21(35)10-6-5-7-13-24(33-29(36)20-14-16-34(2)17-15-20)28-30-19-26(32-28)25-18-27(37-3)22-11-8-9-12-23(22)31-25/h8-9,11-12,18-20,24H,4-7,10,13-17H2,1-3H3,(H,30,32)(H,33,36)/p+1/t24-/m0/s1. The average molecular weight is 507 g/mol. The Morgan fingerprint density at radius 3 is 2.76 bits per heavy atom. The molecule has 0 unspecified atom stereocenters. The van der Waals surface area contributed by atoms with Gasteiger partial charge >= 0.3 is 0 Å². The SMILES string of the molecule is CCC(=O)CCCCC[C@H](NC(=O)C1CCN(C)CC1)c1[nH]c(-c2cc(OC)c3ccccc3n2)c[nH+]1. The maximum atomic E-state index is 13.2. The number of ketones is 1. The number of nitrogens with zero attached hydrogens (tertiary/aromatic N) is 2. The number of carbonyl (C=O) groups excluding carboxylic acids is 2. The summed E-state index contributed by atoms with van der Waals surface area (Å²) in [5.74, 6) is 2.10. The molecule has 3 N–H and O–H groups in total. The maximum absolute atomic E-state index is 13.2. The third-order valence-corrected chi connectivity index (χ3v) is 7.41. The van der Waals surface area contributed by atoms with E-state index in [0.717, 1.165) is 85.5 Å². The van der Waals surface area contributed by atoms with Crippen molar-refractivity contribution in [1.29, 1.82) is 0 Å². The summed E-state index contributed by atoms with van der Waals surface area (Å²) < 4.78 is 5.62. The molecule has 3 aromatic rings. The van der Waals surface area contributed by atoms with Gasteiger partial charge in [0.15, 0.2) is 5.69 Å². The van der Waals surface area contributed by atoms with Crippen LogP contribution in [0.1, 0.15) is 70.2 Å². The number of hydrogen-bond acceptors (Lipinski definition) is 5. The number of methoxy groups -OCH3 is 1. The molecule has 1 aliphatic rings. The van der Waals surface area contributed by atoms with Crippen LogP contribution < -0.4 is 15.0 Å². The van der Waals surface area contributed by atoms with Gasteiger partial charge in [-0.15, -0.1) is 0 Å². The Morgan fingerprint density at radius 2 is 2.00 bits per heavy atom. The second-order valence-corrected chi connectivity index (χ2v) is 10.1. The number of ether oxygens (including phenoxy) is 1. The summed E-state index contributed by atoms with van der Waals surface area (Å²) >= 11 is 0. The van der Waals surface area contributed by atoms with E-state index in [-0.39, 0.29) is 17.9 Å². The fourth-order valence-electron chi connectivity index (χ4n) is 5.02. The summed E-state index contributed by atoms with van der Waals surface area (Å²) in [6.07, 6.45) is 8.49. The van der Waals surface area contributed by atoms with Gasteiger partial charge in [-0.3, -0.25) is 9.59 Å². The van der Waals surface area contributed by atoms with Crippen molar-refractivity contribution >= 4 is 22.6 Å². The van der Waals surface area contributed by atoms with Crippen molar-refractivity contribution in [2.24, 2.45) is 5.92 Å². The highest BCUT2D eigenvalue weighted by atomic mass is 16.5. The molecule has 1 amide bonds. The van der Waals surface area contributed by atoms with E-state index < -0.39 is 0 Å². The molecule has 4 rings (SSSR count). The Bertz CT molecular complexity index is 1200. The molecule has 0 spiro atoms. The van der Waals surface area contributed by atoms with Crippen molar-refractivity contribution in [2.75, 3.05) is 27.2 Å². The van der Waals surface area contributed by atoms with Gasteiger partial charge in [0.1, 0.15) is 29.5 Å². The van der Waals surface area contributed by atoms with E-state index in [9.17, 15) is 9.59 Å². The maximum Gasteiger partial charge on any atom is 0.275 e. The molecule has 37 heavy (non-hydrogen) atoms. The van der Waals surface area contributed by atoms with E-state index in [1.165, 1.54) is 0 Å². The summed E-state index contributed by atoms with van der Waals surface area (Å²) in [7, 11) is 3.77. The third kappa shape index (κ3) is 6.95. The Hall–Kier alpha value is -3.26. The molecule has 0 radical (unpaired) electrons. The first kappa shape index (κ1) is 26.8. The van der Waals surface area contributed by atoms with Crippen molar-refractivity contribution in [2.45, 2.75) is 64.3 Å². The molecule has 1 atom stereocenters. The Morgan fingerprint density at radius 1 is 1.22 bits per heavy atom. The van der Waals surface area contributed by atoms with Gasteiger partial charge in [-0.25, -0.2) is 15.0 Å². The van der Waals surface area contributed by atoms with Crippen LogP contribution in [0.5, 0.6) is 5.75 Å². The van der Waals surface area contributed by atoms with Gasteiger partial charge < -0.3 is 15.0 Å². The van der Waals surface area contributed by atoms with Crippen LogP contribution in [-0.4, -0.2) is 53.8 Å². The number of pyridine rings is 1. The number of para-hydroxylation sites is 1. The first-order valence-electron chi connectivity index (χ1n) is 13.5. The quantitative estimate of drug-likeness (QED) is 0.353. The number of imidazole rings is 1. The van der Waals surface area contributed by atoms with Gasteiger partial charge in [0.05, 0.1) is 12.6 Å². The molecule has 3 heterocycles. The lowest BCUT2D eigenvalue weighted by molar-refractivity contribution is -0.391. The van der Waals surface area contributed by atoms with Gasteiger partial charge in [-0.1, -0.05) is 31.9 Å². The smallest absolute Gasteiger partial charge is 0.275 e. The minimum Gasteiger partial charge on any atom is -0.496 e. The second-order valence-electron chi connectivity index (χ2n) is 10.1. The number of hydrogen-bond donors (Lipinski definition) is 2. The van der Waals surface area contributed by atoms with Crippen LogP contribution in [0.15, 0.2) is 36.5 Å². The largest absolute Gasteiger partial charge is 0.496 e. The number of likely N-dealkylation sites (tertiary alicyclic amines) is 1. The monoisotopic (exact) mass is 506 g/mol. The normalized spacial score (nSPS) is 15.5. The number of Topliss-reactive ketones (excluding diaryl/α,β-unsaturated/α-hetero) is 1. The Kier molecular flexibility index (Phi) is 9.28. The topological polar surface area (TPSA) is 101 Å². The zero-order chi connectivity index (χ0) is 26.2. The lowest BCUT2D eigenvalue weighted by Gasteiger charge is -2.28. The predicted molar refractivity (Wildman–Crippen MR) is 144 cm³/mol. The van der Waals surface area contributed by atoms with E-state index in [0.29, 0.717) is 18.6 Å². The fourth-order valence-corrected chi connectivity index (χ4v) is 5.02. The van der Waals surface area contributed by atoms with Crippen LogP contribution in [0.4, 0.5) is 0 Å². The zero-order valence-electron chi connectivity index (χ0n) is 22.3. The summed E-state index contributed by atoms with van der Waals surface area (Å²) in [6, 6.07) is 9.69. The van der Waals surface area contributed by atoms with E-state index in [1.54, 1.807) is 7.11 Å². The molecule has 0 aliphatic carbocycles. The number of unbranched alkanes of at least 4 members (excludes halogenated alkanes) is 2. The van der Waals surface area contributed by atoms with Crippen LogP contribution in [0, 0.1) is 5.92 Å². The van der Waals surface area contributed by atoms with E-state index in [2.05, 4.69) is 27.2 Å². The Labute approximate surface area is 219 Å². The molecule has 1 aromatic carbocycles. The number of aromatic nitrogens is 3. The molecule has 0 bridgehead atoms. The molecule has 198 valence electrons. The highest BCUT2D eigenvalue weighted by molar-refractivity contribution is 5.87. The van der Waals surface area contributed by atoms with Crippen molar-refractivity contribution in [3.8, 4) is 17.1 Å². The van der Waals surface area contributed by atoms with Crippen LogP contribution in [0.2, 0.25) is 0 Å².